The lowest BCUT2D eigenvalue weighted by Crippen LogP contribution is -2.47. The zero-order valence-electron chi connectivity index (χ0n) is 13.0. The molecule has 0 radical (unpaired) electrons. The van der Waals surface area contributed by atoms with E-state index in [1.165, 1.54) is 6.42 Å². The lowest BCUT2D eigenvalue weighted by molar-refractivity contribution is -0.135. The molecule has 2 rings (SSSR count). The second-order valence-electron chi connectivity index (χ2n) is 5.82. The van der Waals surface area contributed by atoms with Gasteiger partial charge in [-0.3, -0.25) is 4.79 Å². The third-order valence-corrected chi connectivity index (χ3v) is 4.37. The van der Waals surface area contributed by atoms with Gasteiger partial charge in [-0.2, -0.15) is 0 Å². The van der Waals surface area contributed by atoms with E-state index in [4.69, 9.17) is 10.5 Å². The predicted molar refractivity (Wildman–Crippen MR) is 84.4 cm³/mol. The van der Waals surface area contributed by atoms with E-state index in [2.05, 4.69) is 6.92 Å². The molecule has 1 aliphatic rings. The summed E-state index contributed by atoms with van der Waals surface area (Å²) in [4.78, 5) is 14.6. The molecule has 1 aromatic carbocycles. The van der Waals surface area contributed by atoms with Crippen molar-refractivity contribution in [3.8, 4) is 5.75 Å². The molecule has 21 heavy (non-hydrogen) atoms. The first-order valence-electron chi connectivity index (χ1n) is 7.79. The van der Waals surface area contributed by atoms with Gasteiger partial charge in [0.1, 0.15) is 5.75 Å². The number of nitrogens with two attached hydrogens (primary N) is 1. The van der Waals surface area contributed by atoms with Crippen molar-refractivity contribution in [3.05, 3.63) is 29.8 Å². The summed E-state index contributed by atoms with van der Waals surface area (Å²) in [6, 6.07) is 8.14. The van der Waals surface area contributed by atoms with Gasteiger partial charge in [0.15, 0.2) is 0 Å². The van der Waals surface area contributed by atoms with E-state index in [-0.39, 0.29) is 17.9 Å². The summed E-state index contributed by atoms with van der Waals surface area (Å²) in [5.74, 6) is 1.21. The van der Waals surface area contributed by atoms with Gasteiger partial charge in [-0.05, 0) is 36.8 Å². The minimum absolute atomic E-state index is 0.147. The van der Waals surface area contributed by atoms with Gasteiger partial charge in [0.2, 0.25) is 5.91 Å². The van der Waals surface area contributed by atoms with Gasteiger partial charge in [0.25, 0.3) is 0 Å². The fourth-order valence-corrected chi connectivity index (χ4v) is 3.14. The summed E-state index contributed by atoms with van der Waals surface area (Å²) in [7, 11) is 1.67. The highest BCUT2D eigenvalue weighted by Gasteiger charge is 2.27. The third-order valence-electron chi connectivity index (χ3n) is 4.37. The largest absolute Gasteiger partial charge is 0.496 e. The summed E-state index contributed by atoms with van der Waals surface area (Å²) in [6.07, 6.45) is 3.81. The molecule has 1 aromatic rings. The number of methoxy groups -OCH3 is 1. The van der Waals surface area contributed by atoms with Crippen LogP contribution in [0.25, 0.3) is 0 Å². The van der Waals surface area contributed by atoms with E-state index in [1.807, 2.05) is 29.2 Å². The van der Waals surface area contributed by atoms with E-state index in [9.17, 15) is 4.79 Å². The Labute approximate surface area is 127 Å². The van der Waals surface area contributed by atoms with Crippen molar-refractivity contribution in [3.63, 3.8) is 0 Å². The number of benzene rings is 1. The minimum atomic E-state index is 0.147. The van der Waals surface area contributed by atoms with Crippen molar-refractivity contribution >= 4 is 5.91 Å². The van der Waals surface area contributed by atoms with Crippen LogP contribution in [-0.4, -0.2) is 37.0 Å². The van der Waals surface area contributed by atoms with Crippen LogP contribution in [0.15, 0.2) is 24.3 Å². The van der Waals surface area contributed by atoms with Crippen LogP contribution in [0.4, 0.5) is 0 Å². The van der Waals surface area contributed by atoms with Crippen molar-refractivity contribution in [2.75, 3.05) is 20.2 Å². The number of nitrogens with zero attached hydrogens (tertiary/aromatic N) is 1. The normalized spacial score (nSPS) is 20.1. The average molecular weight is 290 g/mol. The number of carbonyl (C=O) groups excluding carboxylic acids is 1. The molecule has 0 saturated carbocycles. The van der Waals surface area contributed by atoms with Crippen LogP contribution in [-0.2, 0) is 4.79 Å². The van der Waals surface area contributed by atoms with Gasteiger partial charge in [-0.15, -0.1) is 0 Å². The molecule has 1 aliphatic heterocycles. The molecule has 1 fully saturated rings. The summed E-state index contributed by atoms with van der Waals surface area (Å²) < 4.78 is 5.39. The lowest BCUT2D eigenvalue weighted by atomic mass is 9.94. The highest BCUT2D eigenvalue weighted by atomic mass is 16.5. The Kier molecular flexibility index (Phi) is 5.62. The predicted octanol–water partition coefficient (Wildman–Crippen LogP) is 2.53. The maximum atomic E-state index is 12.6. The van der Waals surface area contributed by atoms with Crippen molar-refractivity contribution in [1.29, 1.82) is 0 Å². The number of piperidine rings is 1. The first-order chi connectivity index (χ1) is 10.2. The Hall–Kier alpha value is -1.55. The standard InChI is InChI=1S/C17H26N2O2/c1-13(15-8-3-4-9-16(15)21-2)11-17(20)19-10-6-5-7-14(19)12-18/h3-4,8-9,13-14H,5-7,10-12,18H2,1-2H3. The number of rotatable bonds is 5. The number of carbonyl (C=O) groups is 1. The molecular weight excluding hydrogens is 264 g/mol. The molecule has 4 nitrogen and oxygen atoms in total. The number of hydrogen-bond acceptors (Lipinski definition) is 3. The van der Waals surface area contributed by atoms with Gasteiger partial charge < -0.3 is 15.4 Å². The Morgan fingerprint density at radius 2 is 2.19 bits per heavy atom. The summed E-state index contributed by atoms with van der Waals surface area (Å²) in [5.41, 5.74) is 6.90. The molecule has 0 aromatic heterocycles. The molecular formula is C17H26N2O2. The van der Waals surface area contributed by atoms with Crippen molar-refractivity contribution in [2.24, 2.45) is 5.73 Å². The quantitative estimate of drug-likeness (QED) is 0.906. The van der Waals surface area contributed by atoms with Gasteiger partial charge in [-0.1, -0.05) is 25.1 Å². The second-order valence-corrected chi connectivity index (χ2v) is 5.82. The number of para-hydroxylation sites is 1. The Morgan fingerprint density at radius 1 is 1.43 bits per heavy atom. The van der Waals surface area contributed by atoms with Crippen LogP contribution in [0.3, 0.4) is 0 Å². The zero-order chi connectivity index (χ0) is 15.2. The fourth-order valence-electron chi connectivity index (χ4n) is 3.14. The summed E-state index contributed by atoms with van der Waals surface area (Å²) >= 11 is 0. The van der Waals surface area contributed by atoms with Crippen LogP contribution in [0.2, 0.25) is 0 Å². The van der Waals surface area contributed by atoms with E-state index in [1.54, 1.807) is 7.11 Å². The van der Waals surface area contributed by atoms with E-state index in [0.717, 1.165) is 30.7 Å². The number of likely N-dealkylation sites (tertiary alicyclic amines) is 1. The zero-order valence-corrected chi connectivity index (χ0v) is 13.0. The molecule has 0 aliphatic carbocycles. The Bertz CT molecular complexity index is 476. The molecule has 2 N–H and O–H groups in total. The van der Waals surface area contributed by atoms with Crippen molar-refractivity contribution < 1.29 is 9.53 Å². The molecule has 4 heteroatoms. The van der Waals surface area contributed by atoms with E-state index >= 15 is 0 Å². The number of amides is 1. The molecule has 116 valence electrons. The first-order valence-corrected chi connectivity index (χ1v) is 7.79. The molecule has 0 bridgehead atoms. The van der Waals surface area contributed by atoms with Gasteiger partial charge in [-0.25, -0.2) is 0 Å². The fraction of sp³-hybridized carbons (Fsp3) is 0.588. The van der Waals surface area contributed by atoms with Crippen LogP contribution >= 0.6 is 0 Å². The highest BCUT2D eigenvalue weighted by Crippen LogP contribution is 2.29. The third kappa shape index (κ3) is 3.76. The van der Waals surface area contributed by atoms with Crippen LogP contribution < -0.4 is 10.5 Å². The van der Waals surface area contributed by atoms with Gasteiger partial charge in [0.05, 0.1) is 7.11 Å². The maximum Gasteiger partial charge on any atom is 0.223 e. The summed E-state index contributed by atoms with van der Waals surface area (Å²) in [6.45, 7) is 3.49. The SMILES string of the molecule is COc1ccccc1C(C)CC(=O)N1CCCCC1CN. The molecule has 1 heterocycles. The number of hydrogen-bond donors (Lipinski definition) is 1. The minimum Gasteiger partial charge on any atom is -0.496 e. The molecule has 2 unspecified atom stereocenters. The van der Waals surface area contributed by atoms with E-state index < -0.39 is 0 Å². The topological polar surface area (TPSA) is 55.6 Å². The number of ether oxygens (including phenoxy) is 1. The highest BCUT2D eigenvalue weighted by molar-refractivity contribution is 5.77. The Balaban J connectivity index is 2.04. The van der Waals surface area contributed by atoms with Crippen molar-refractivity contribution in [1.82, 2.24) is 4.90 Å². The van der Waals surface area contributed by atoms with Crippen molar-refractivity contribution in [2.45, 2.75) is 44.6 Å². The molecule has 0 spiro atoms. The first kappa shape index (κ1) is 15.8. The van der Waals surface area contributed by atoms with E-state index in [0.29, 0.717) is 13.0 Å². The Morgan fingerprint density at radius 3 is 2.90 bits per heavy atom. The summed E-state index contributed by atoms with van der Waals surface area (Å²) in [5, 5.41) is 0. The van der Waals surface area contributed by atoms with Gasteiger partial charge >= 0.3 is 0 Å². The van der Waals surface area contributed by atoms with Crippen LogP contribution in [0.5, 0.6) is 5.75 Å². The maximum absolute atomic E-state index is 12.6. The monoisotopic (exact) mass is 290 g/mol. The second kappa shape index (κ2) is 7.46. The van der Waals surface area contributed by atoms with Crippen LogP contribution in [0.1, 0.15) is 44.1 Å². The average Bonchev–Trinajstić information content (AvgIpc) is 2.54. The smallest absolute Gasteiger partial charge is 0.223 e. The van der Waals surface area contributed by atoms with Crippen LogP contribution in [0, 0.1) is 0 Å². The molecule has 1 saturated heterocycles. The molecule has 1 amide bonds. The van der Waals surface area contributed by atoms with Gasteiger partial charge in [0, 0.05) is 25.6 Å². The lowest BCUT2D eigenvalue weighted by Gasteiger charge is -2.35. The molecule has 2 atom stereocenters.